The predicted octanol–water partition coefficient (Wildman–Crippen LogP) is 0.148. The van der Waals surface area contributed by atoms with Crippen molar-refractivity contribution in [1.82, 2.24) is 15.6 Å². The van der Waals surface area contributed by atoms with Gasteiger partial charge in [-0.25, -0.2) is 0 Å². The van der Waals surface area contributed by atoms with Crippen molar-refractivity contribution >= 4 is 5.91 Å². The molecule has 0 aliphatic heterocycles. The fraction of sp³-hybridized carbons (Fsp3) is 0.222. The highest BCUT2D eigenvalue weighted by molar-refractivity contribution is 5.97. The molecule has 0 aromatic carbocycles. The van der Waals surface area contributed by atoms with Gasteiger partial charge in [0.15, 0.2) is 17.2 Å². The third-order valence-electron chi connectivity index (χ3n) is 2.02. The lowest BCUT2D eigenvalue weighted by atomic mass is 10.1. The number of amides is 1. The molecule has 16 heavy (non-hydrogen) atoms. The topological polar surface area (TPSA) is 107 Å². The van der Waals surface area contributed by atoms with Gasteiger partial charge in [0.25, 0.3) is 5.91 Å². The van der Waals surface area contributed by atoms with E-state index in [0.717, 1.165) is 0 Å². The fourth-order valence-corrected chi connectivity index (χ4v) is 1.37. The van der Waals surface area contributed by atoms with Crippen LogP contribution in [0.15, 0.2) is 21.3 Å². The maximum absolute atomic E-state index is 11.2. The van der Waals surface area contributed by atoms with Gasteiger partial charge in [0.1, 0.15) is 0 Å². The number of carbonyl (C=O) groups is 1. The van der Waals surface area contributed by atoms with E-state index in [2.05, 4.69) is 15.6 Å². The average molecular weight is 222 g/mol. The highest BCUT2D eigenvalue weighted by Crippen LogP contribution is 2.27. The Morgan fingerprint density at radius 3 is 2.94 bits per heavy atom. The van der Waals surface area contributed by atoms with Crippen LogP contribution >= 0.6 is 0 Å². The van der Waals surface area contributed by atoms with E-state index < -0.39 is 5.91 Å². The van der Waals surface area contributed by atoms with Crippen LogP contribution in [0.1, 0.15) is 16.2 Å². The quantitative estimate of drug-likeness (QED) is 0.762. The minimum atomic E-state index is -0.669. The van der Waals surface area contributed by atoms with E-state index in [1.807, 2.05) is 0 Å². The van der Waals surface area contributed by atoms with Crippen LogP contribution in [-0.4, -0.2) is 23.3 Å². The summed E-state index contributed by atoms with van der Waals surface area (Å²) in [5.74, 6) is 0.214. The number of nitrogens with zero attached hydrogens (tertiary/aromatic N) is 2. The van der Waals surface area contributed by atoms with Gasteiger partial charge < -0.3 is 20.1 Å². The van der Waals surface area contributed by atoms with Gasteiger partial charge in [-0.1, -0.05) is 10.3 Å². The predicted molar refractivity (Wildman–Crippen MR) is 53.3 cm³/mol. The minimum absolute atomic E-state index is 0.0435. The van der Waals surface area contributed by atoms with Crippen molar-refractivity contribution in [2.24, 2.45) is 5.73 Å². The first-order valence-electron chi connectivity index (χ1n) is 4.58. The highest BCUT2D eigenvalue weighted by Gasteiger charge is 2.23. The minimum Gasteiger partial charge on any atom is -0.364 e. The number of carbonyl (C=O) groups excluding carboxylic acids is 1. The summed E-state index contributed by atoms with van der Waals surface area (Å²) in [6.07, 6.45) is 1.47. The van der Waals surface area contributed by atoms with Crippen molar-refractivity contribution in [2.75, 3.05) is 7.05 Å². The second-order valence-electron chi connectivity index (χ2n) is 3.10. The van der Waals surface area contributed by atoms with Crippen molar-refractivity contribution in [3.8, 4) is 11.3 Å². The van der Waals surface area contributed by atoms with Crippen molar-refractivity contribution in [1.29, 1.82) is 0 Å². The summed E-state index contributed by atoms with van der Waals surface area (Å²) in [6, 6.07) is 1.61. The third kappa shape index (κ3) is 1.68. The highest BCUT2D eigenvalue weighted by atomic mass is 16.5. The Bertz CT molecular complexity index is 489. The molecule has 0 saturated heterocycles. The van der Waals surface area contributed by atoms with Gasteiger partial charge in [-0.05, 0) is 7.05 Å². The smallest absolute Gasteiger partial charge is 0.271 e. The standard InChI is InChI=1S/C9H10N4O3/c1-11-4-6-7(5-2-3-12-15-5)8(9(10)14)13-16-6/h2-3,11H,4H2,1H3,(H2,10,14). The van der Waals surface area contributed by atoms with E-state index in [1.54, 1.807) is 13.1 Å². The second kappa shape index (κ2) is 4.15. The Hall–Kier alpha value is -2.15. The number of aromatic nitrogens is 2. The second-order valence-corrected chi connectivity index (χ2v) is 3.10. The molecule has 3 N–H and O–H groups in total. The summed E-state index contributed by atoms with van der Waals surface area (Å²) in [4.78, 5) is 11.2. The first kappa shape index (κ1) is 10.4. The summed E-state index contributed by atoms with van der Waals surface area (Å²) in [5, 5.41) is 10.1. The zero-order chi connectivity index (χ0) is 11.5. The summed E-state index contributed by atoms with van der Waals surface area (Å²) in [7, 11) is 1.75. The van der Waals surface area contributed by atoms with Crippen LogP contribution in [0.2, 0.25) is 0 Å². The van der Waals surface area contributed by atoms with Crippen LogP contribution in [0.4, 0.5) is 0 Å². The molecule has 2 heterocycles. The molecular formula is C9H10N4O3. The molecule has 0 fully saturated rings. The monoisotopic (exact) mass is 222 g/mol. The first-order chi connectivity index (χ1) is 7.74. The lowest BCUT2D eigenvalue weighted by molar-refractivity contribution is 0.0992. The summed E-state index contributed by atoms with van der Waals surface area (Å²) in [5.41, 5.74) is 5.67. The zero-order valence-corrected chi connectivity index (χ0v) is 8.56. The van der Waals surface area contributed by atoms with Gasteiger partial charge in [-0.2, -0.15) is 0 Å². The molecule has 0 saturated carbocycles. The third-order valence-corrected chi connectivity index (χ3v) is 2.02. The zero-order valence-electron chi connectivity index (χ0n) is 8.56. The first-order valence-corrected chi connectivity index (χ1v) is 4.58. The van der Waals surface area contributed by atoms with E-state index in [-0.39, 0.29) is 5.69 Å². The van der Waals surface area contributed by atoms with Gasteiger partial charge in [0.2, 0.25) is 0 Å². The van der Waals surface area contributed by atoms with E-state index in [4.69, 9.17) is 14.8 Å². The van der Waals surface area contributed by atoms with Gasteiger partial charge >= 0.3 is 0 Å². The van der Waals surface area contributed by atoms with Crippen LogP contribution in [-0.2, 0) is 6.54 Å². The largest absolute Gasteiger partial charge is 0.364 e. The Morgan fingerprint density at radius 1 is 1.56 bits per heavy atom. The maximum Gasteiger partial charge on any atom is 0.271 e. The molecule has 0 aliphatic carbocycles. The maximum atomic E-state index is 11.2. The Kier molecular flexibility index (Phi) is 2.69. The van der Waals surface area contributed by atoms with E-state index in [0.29, 0.717) is 23.6 Å². The molecule has 0 spiro atoms. The van der Waals surface area contributed by atoms with Gasteiger partial charge in [0.05, 0.1) is 18.3 Å². The van der Waals surface area contributed by atoms with E-state index in [9.17, 15) is 4.79 Å². The van der Waals surface area contributed by atoms with Gasteiger partial charge in [-0.3, -0.25) is 4.79 Å². The molecule has 0 unspecified atom stereocenters. The fourth-order valence-electron chi connectivity index (χ4n) is 1.37. The van der Waals surface area contributed by atoms with Crippen LogP contribution < -0.4 is 11.1 Å². The van der Waals surface area contributed by atoms with Gasteiger partial charge in [-0.15, -0.1) is 0 Å². The molecule has 2 rings (SSSR count). The molecular weight excluding hydrogens is 212 g/mol. The summed E-state index contributed by atoms with van der Waals surface area (Å²) in [6.45, 7) is 0.413. The molecule has 1 amide bonds. The number of nitrogens with one attached hydrogen (secondary N) is 1. The average Bonchev–Trinajstić information content (AvgIpc) is 2.84. The van der Waals surface area contributed by atoms with E-state index >= 15 is 0 Å². The number of hydrogen-bond acceptors (Lipinski definition) is 6. The Balaban J connectivity index is 2.54. The van der Waals surface area contributed by atoms with E-state index in [1.165, 1.54) is 6.20 Å². The van der Waals surface area contributed by atoms with Crippen molar-refractivity contribution in [3.63, 3.8) is 0 Å². The SMILES string of the molecule is CNCc1onc(C(N)=O)c1-c1ccno1. The molecule has 84 valence electrons. The molecule has 7 nitrogen and oxygen atoms in total. The molecule has 0 atom stereocenters. The summed E-state index contributed by atoms with van der Waals surface area (Å²) >= 11 is 0. The molecule has 7 heteroatoms. The molecule has 2 aromatic heterocycles. The molecule has 0 aliphatic rings. The van der Waals surface area contributed by atoms with Crippen LogP contribution in [0.5, 0.6) is 0 Å². The molecule has 0 radical (unpaired) electrons. The van der Waals surface area contributed by atoms with Crippen LogP contribution in [0.3, 0.4) is 0 Å². The van der Waals surface area contributed by atoms with Crippen molar-refractivity contribution in [2.45, 2.75) is 6.54 Å². The van der Waals surface area contributed by atoms with Gasteiger partial charge in [0, 0.05) is 6.07 Å². The number of nitrogens with two attached hydrogens (primary N) is 1. The Labute approximate surface area is 90.6 Å². The lowest BCUT2D eigenvalue weighted by Gasteiger charge is -1.97. The summed E-state index contributed by atoms with van der Waals surface area (Å²) < 4.78 is 9.99. The lowest BCUT2D eigenvalue weighted by Crippen LogP contribution is -2.13. The number of rotatable bonds is 4. The number of primary amides is 1. The van der Waals surface area contributed by atoms with Crippen LogP contribution in [0.25, 0.3) is 11.3 Å². The normalized spacial score (nSPS) is 10.6. The molecule has 2 aromatic rings. The van der Waals surface area contributed by atoms with Crippen molar-refractivity contribution < 1.29 is 13.8 Å². The molecule has 0 bridgehead atoms. The Morgan fingerprint density at radius 2 is 2.38 bits per heavy atom. The van der Waals surface area contributed by atoms with Crippen LogP contribution in [0, 0.1) is 0 Å². The van der Waals surface area contributed by atoms with Crippen molar-refractivity contribution in [3.05, 3.63) is 23.7 Å². The number of hydrogen-bond donors (Lipinski definition) is 2.